The SMILES string of the molecule is CCNC(=O)[C@H](C)NC[C@H](CC(C)C)NC(=O)[C@H](CCc1ccccc1)NC(=O)[C@H](CC(C)C)NC(=O)CCCC(=O)O. The number of hydrogen-bond donors (Lipinski definition) is 6. The van der Waals surface area contributed by atoms with Gasteiger partial charge in [-0.15, -0.1) is 0 Å². The van der Waals surface area contributed by atoms with Crippen molar-refractivity contribution in [2.45, 2.75) is 111 Å². The van der Waals surface area contributed by atoms with Gasteiger partial charge in [0.15, 0.2) is 0 Å². The maximum atomic E-state index is 13.7. The van der Waals surface area contributed by atoms with Crippen LogP contribution in [0.15, 0.2) is 30.3 Å². The molecule has 0 fully saturated rings. The van der Waals surface area contributed by atoms with Crippen molar-refractivity contribution in [3.63, 3.8) is 0 Å². The number of carboxylic acids is 1. The number of amides is 4. The predicted octanol–water partition coefficient (Wildman–Crippen LogP) is 2.53. The molecule has 0 aliphatic carbocycles. The van der Waals surface area contributed by atoms with Gasteiger partial charge in [-0.3, -0.25) is 24.0 Å². The van der Waals surface area contributed by atoms with Crippen LogP contribution in [0.2, 0.25) is 0 Å². The summed E-state index contributed by atoms with van der Waals surface area (Å²) >= 11 is 0. The predicted molar refractivity (Wildman–Crippen MR) is 167 cm³/mol. The van der Waals surface area contributed by atoms with E-state index >= 15 is 0 Å². The molecule has 43 heavy (non-hydrogen) atoms. The van der Waals surface area contributed by atoms with Crippen LogP contribution in [0.4, 0.5) is 0 Å². The number of aryl methyl sites for hydroxylation is 1. The van der Waals surface area contributed by atoms with Crippen molar-refractivity contribution in [1.29, 1.82) is 0 Å². The molecule has 0 radical (unpaired) electrons. The number of carbonyl (C=O) groups excluding carboxylic acids is 4. The average Bonchev–Trinajstić information content (AvgIpc) is 2.93. The van der Waals surface area contributed by atoms with Crippen molar-refractivity contribution in [1.82, 2.24) is 26.6 Å². The van der Waals surface area contributed by atoms with Gasteiger partial charge in [0.25, 0.3) is 0 Å². The normalized spacial score (nSPS) is 14.0. The number of carboxylic acid groups (broad SMARTS) is 1. The minimum atomic E-state index is -0.985. The summed E-state index contributed by atoms with van der Waals surface area (Å²) in [4.78, 5) is 62.7. The first kappa shape index (κ1) is 37.6. The first-order valence-electron chi connectivity index (χ1n) is 15.5. The lowest BCUT2D eigenvalue weighted by Crippen LogP contribution is -2.56. The van der Waals surface area contributed by atoms with Crippen LogP contribution >= 0.6 is 0 Å². The lowest BCUT2D eigenvalue weighted by molar-refractivity contribution is -0.137. The molecule has 0 saturated carbocycles. The first-order valence-corrected chi connectivity index (χ1v) is 15.5. The Hall–Kier alpha value is -3.47. The average molecular weight is 604 g/mol. The topological polar surface area (TPSA) is 166 Å². The van der Waals surface area contributed by atoms with E-state index in [2.05, 4.69) is 40.4 Å². The monoisotopic (exact) mass is 603 g/mol. The quantitative estimate of drug-likeness (QED) is 0.126. The Balaban J connectivity index is 3.07. The molecule has 4 amide bonds. The number of nitrogens with one attached hydrogen (secondary N) is 5. The van der Waals surface area contributed by atoms with Gasteiger partial charge in [0.05, 0.1) is 6.04 Å². The summed E-state index contributed by atoms with van der Waals surface area (Å²) in [6, 6.07) is 7.24. The first-order chi connectivity index (χ1) is 20.3. The highest BCUT2D eigenvalue weighted by atomic mass is 16.4. The van der Waals surface area contributed by atoms with Gasteiger partial charge in [0, 0.05) is 32.0 Å². The highest BCUT2D eigenvalue weighted by Crippen LogP contribution is 2.11. The largest absolute Gasteiger partial charge is 0.481 e. The molecule has 1 aromatic rings. The zero-order valence-corrected chi connectivity index (χ0v) is 26.7. The fourth-order valence-corrected chi connectivity index (χ4v) is 4.67. The van der Waals surface area contributed by atoms with Crippen LogP contribution in [-0.4, -0.2) is 72.0 Å². The number of hydrogen-bond acceptors (Lipinski definition) is 6. The molecule has 0 unspecified atom stereocenters. The van der Waals surface area contributed by atoms with E-state index in [-0.39, 0.29) is 49.0 Å². The maximum Gasteiger partial charge on any atom is 0.303 e. The van der Waals surface area contributed by atoms with Crippen LogP contribution in [0, 0.1) is 11.8 Å². The van der Waals surface area contributed by atoms with Crippen molar-refractivity contribution >= 4 is 29.6 Å². The second kappa shape index (κ2) is 20.4. The van der Waals surface area contributed by atoms with E-state index in [9.17, 15) is 24.0 Å². The van der Waals surface area contributed by atoms with Gasteiger partial charge in [-0.25, -0.2) is 0 Å². The lowest BCUT2D eigenvalue weighted by atomic mass is 9.99. The molecule has 0 aliphatic heterocycles. The molecule has 1 rings (SSSR count). The summed E-state index contributed by atoms with van der Waals surface area (Å²) in [5.41, 5.74) is 1.02. The fraction of sp³-hybridized carbons (Fsp3) is 0.656. The molecule has 0 saturated heterocycles. The molecule has 242 valence electrons. The van der Waals surface area contributed by atoms with Gasteiger partial charge in [-0.05, 0) is 63.4 Å². The molecule has 0 heterocycles. The van der Waals surface area contributed by atoms with Gasteiger partial charge < -0.3 is 31.7 Å². The maximum absolute atomic E-state index is 13.7. The zero-order valence-electron chi connectivity index (χ0n) is 26.7. The summed E-state index contributed by atoms with van der Waals surface area (Å²) in [6.45, 7) is 12.5. The van der Waals surface area contributed by atoms with Crippen LogP contribution in [-0.2, 0) is 30.4 Å². The molecule has 4 atom stereocenters. The molecular weight excluding hydrogens is 550 g/mol. The Morgan fingerprint density at radius 2 is 1.40 bits per heavy atom. The molecule has 6 N–H and O–H groups in total. The third-order valence-electron chi connectivity index (χ3n) is 6.87. The molecule has 0 aliphatic rings. The number of likely N-dealkylation sites (N-methyl/N-ethyl adjacent to an activating group) is 1. The van der Waals surface area contributed by atoms with Gasteiger partial charge in [-0.2, -0.15) is 0 Å². The fourth-order valence-electron chi connectivity index (χ4n) is 4.67. The summed E-state index contributed by atoms with van der Waals surface area (Å²) in [6.07, 6.45) is 1.96. The van der Waals surface area contributed by atoms with Crippen molar-refractivity contribution < 1.29 is 29.1 Å². The molecule has 1 aromatic carbocycles. The summed E-state index contributed by atoms with van der Waals surface area (Å²) < 4.78 is 0. The second-order valence-electron chi connectivity index (χ2n) is 11.9. The van der Waals surface area contributed by atoms with E-state index in [0.717, 1.165) is 5.56 Å². The highest BCUT2D eigenvalue weighted by molar-refractivity contribution is 5.92. The van der Waals surface area contributed by atoms with Crippen molar-refractivity contribution in [2.24, 2.45) is 11.8 Å². The third-order valence-corrected chi connectivity index (χ3v) is 6.87. The summed E-state index contributed by atoms with van der Waals surface area (Å²) in [5.74, 6) is -1.95. The van der Waals surface area contributed by atoms with Crippen LogP contribution < -0.4 is 26.6 Å². The zero-order chi connectivity index (χ0) is 32.4. The van der Waals surface area contributed by atoms with E-state index in [4.69, 9.17) is 5.11 Å². The van der Waals surface area contributed by atoms with Crippen LogP contribution in [0.3, 0.4) is 0 Å². The summed E-state index contributed by atoms with van der Waals surface area (Å²) in [5, 5.41) is 23.6. The van der Waals surface area contributed by atoms with Crippen LogP contribution in [0.25, 0.3) is 0 Å². The van der Waals surface area contributed by atoms with Crippen molar-refractivity contribution in [3.05, 3.63) is 35.9 Å². The smallest absolute Gasteiger partial charge is 0.303 e. The number of aliphatic carboxylic acids is 1. The van der Waals surface area contributed by atoms with E-state index in [0.29, 0.717) is 38.8 Å². The Labute approximate surface area is 256 Å². The minimum absolute atomic E-state index is 0.00925. The highest BCUT2D eigenvalue weighted by Gasteiger charge is 2.29. The Kier molecular flexibility index (Phi) is 17.9. The molecule has 11 heteroatoms. The Morgan fingerprint density at radius 1 is 0.767 bits per heavy atom. The molecular formula is C32H53N5O6. The standard InChI is InChI=1S/C32H53N5O6/c1-7-33-30(41)23(6)34-20-25(18-21(2)3)35-31(42)26(17-16-24-12-9-8-10-13-24)37-32(43)27(19-22(4)5)36-28(38)14-11-15-29(39)40/h8-10,12-13,21-23,25-27,34H,7,11,14-20H2,1-6H3,(H,33,41)(H,35,42)(H,36,38)(H,37,43)(H,39,40)/t23-,25-,26-,27-/m0/s1. The molecule has 0 spiro atoms. The Morgan fingerprint density at radius 3 is 1.98 bits per heavy atom. The minimum Gasteiger partial charge on any atom is -0.481 e. The van der Waals surface area contributed by atoms with Crippen LogP contribution in [0.1, 0.15) is 85.6 Å². The van der Waals surface area contributed by atoms with Gasteiger partial charge in [0.2, 0.25) is 23.6 Å². The molecule has 11 nitrogen and oxygen atoms in total. The van der Waals surface area contributed by atoms with Gasteiger partial charge in [0.1, 0.15) is 12.1 Å². The molecule has 0 aromatic heterocycles. The van der Waals surface area contributed by atoms with Crippen LogP contribution in [0.5, 0.6) is 0 Å². The number of rotatable bonds is 21. The van der Waals surface area contributed by atoms with E-state index in [1.165, 1.54) is 0 Å². The second-order valence-corrected chi connectivity index (χ2v) is 11.9. The third kappa shape index (κ3) is 16.7. The number of benzene rings is 1. The summed E-state index contributed by atoms with van der Waals surface area (Å²) in [7, 11) is 0. The number of carbonyl (C=O) groups is 5. The lowest BCUT2D eigenvalue weighted by Gasteiger charge is -2.28. The Bertz CT molecular complexity index is 1020. The van der Waals surface area contributed by atoms with E-state index < -0.39 is 35.9 Å². The van der Waals surface area contributed by atoms with E-state index in [1.54, 1.807) is 6.92 Å². The van der Waals surface area contributed by atoms with Crippen molar-refractivity contribution in [2.75, 3.05) is 13.1 Å². The van der Waals surface area contributed by atoms with E-state index in [1.807, 2.05) is 51.1 Å². The molecule has 0 bridgehead atoms. The van der Waals surface area contributed by atoms with Crippen molar-refractivity contribution in [3.8, 4) is 0 Å². The van der Waals surface area contributed by atoms with Gasteiger partial charge >= 0.3 is 5.97 Å². The van der Waals surface area contributed by atoms with Gasteiger partial charge in [-0.1, -0.05) is 58.0 Å².